The van der Waals surface area contributed by atoms with Crippen molar-refractivity contribution in [3.8, 4) is 0 Å². The number of hydrogen-bond donors (Lipinski definition) is 2. The molecule has 98 valence electrons. The zero-order valence-electron chi connectivity index (χ0n) is 10.2. The molecular weight excluding hydrogens is 326 g/mol. The van der Waals surface area contributed by atoms with E-state index < -0.39 is 0 Å². The average Bonchev–Trinajstić information content (AvgIpc) is 2.42. The summed E-state index contributed by atoms with van der Waals surface area (Å²) in [7, 11) is 0. The molecule has 0 unspecified atom stereocenters. The number of anilines is 3. The van der Waals surface area contributed by atoms with Crippen molar-refractivity contribution in [2.45, 2.75) is 12.8 Å². The standard InChI is InChI=1S/C14H13BrClN3/c15-10-7-12(16)14(18-8-10)19-11-3-4-13-9(6-11)2-1-5-17-13/h3-4,6-8,17H,1-2,5H2,(H,18,19). The molecule has 0 saturated heterocycles. The lowest BCUT2D eigenvalue weighted by Crippen LogP contribution is -2.11. The first-order valence-corrected chi connectivity index (χ1v) is 7.34. The number of nitrogens with zero attached hydrogens (tertiary/aromatic N) is 1. The number of hydrogen-bond acceptors (Lipinski definition) is 3. The molecule has 0 radical (unpaired) electrons. The molecule has 19 heavy (non-hydrogen) atoms. The van der Waals surface area contributed by atoms with Gasteiger partial charge in [-0.15, -0.1) is 0 Å². The minimum atomic E-state index is 0.602. The second-order valence-electron chi connectivity index (χ2n) is 4.51. The van der Waals surface area contributed by atoms with E-state index in [0.29, 0.717) is 10.8 Å². The van der Waals surface area contributed by atoms with Crippen LogP contribution in [-0.4, -0.2) is 11.5 Å². The van der Waals surface area contributed by atoms with Crippen molar-refractivity contribution in [1.82, 2.24) is 4.98 Å². The van der Waals surface area contributed by atoms with Gasteiger partial charge in [-0.2, -0.15) is 0 Å². The average molecular weight is 339 g/mol. The summed E-state index contributed by atoms with van der Waals surface area (Å²) in [6, 6.07) is 8.12. The fourth-order valence-electron chi connectivity index (χ4n) is 2.20. The van der Waals surface area contributed by atoms with Gasteiger partial charge in [0.05, 0.1) is 5.02 Å². The van der Waals surface area contributed by atoms with Crippen molar-refractivity contribution in [2.75, 3.05) is 17.2 Å². The van der Waals surface area contributed by atoms with Gasteiger partial charge in [0.1, 0.15) is 5.82 Å². The minimum absolute atomic E-state index is 0.602. The summed E-state index contributed by atoms with van der Waals surface area (Å²) in [6.45, 7) is 1.06. The van der Waals surface area contributed by atoms with E-state index in [-0.39, 0.29) is 0 Å². The van der Waals surface area contributed by atoms with Crippen LogP contribution in [0.3, 0.4) is 0 Å². The highest BCUT2D eigenvalue weighted by atomic mass is 79.9. The Morgan fingerprint density at radius 3 is 3.05 bits per heavy atom. The molecule has 1 aliphatic heterocycles. The lowest BCUT2D eigenvalue weighted by molar-refractivity contribution is 0.830. The molecule has 1 aromatic carbocycles. The van der Waals surface area contributed by atoms with Gasteiger partial charge in [0.25, 0.3) is 0 Å². The van der Waals surface area contributed by atoms with Crippen LogP contribution in [0.2, 0.25) is 5.02 Å². The quantitative estimate of drug-likeness (QED) is 0.840. The molecule has 2 heterocycles. The van der Waals surface area contributed by atoms with Crippen LogP contribution >= 0.6 is 27.5 Å². The van der Waals surface area contributed by atoms with Crippen LogP contribution in [0.1, 0.15) is 12.0 Å². The van der Waals surface area contributed by atoms with Crippen molar-refractivity contribution >= 4 is 44.7 Å². The number of pyridine rings is 1. The van der Waals surface area contributed by atoms with Gasteiger partial charge < -0.3 is 10.6 Å². The third kappa shape index (κ3) is 2.85. The summed E-state index contributed by atoms with van der Waals surface area (Å²) in [5.74, 6) is 0.675. The zero-order chi connectivity index (χ0) is 13.2. The number of aryl methyl sites for hydroxylation is 1. The van der Waals surface area contributed by atoms with E-state index in [4.69, 9.17) is 11.6 Å². The topological polar surface area (TPSA) is 37.0 Å². The smallest absolute Gasteiger partial charge is 0.149 e. The van der Waals surface area contributed by atoms with Crippen LogP contribution in [0.15, 0.2) is 34.9 Å². The molecule has 0 spiro atoms. The van der Waals surface area contributed by atoms with Crippen LogP contribution in [0.25, 0.3) is 0 Å². The number of halogens is 2. The molecule has 5 heteroatoms. The van der Waals surface area contributed by atoms with Gasteiger partial charge in [0, 0.05) is 28.6 Å². The van der Waals surface area contributed by atoms with Gasteiger partial charge in [-0.05, 0) is 58.6 Å². The molecule has 0 atom stereocenters. The first kappa shape index (κ1) is 12.8. The number of fused-ring (bicyclic) bond motifs is 1. The summed E-state index contributed by atoms with van der Waals surface area (Å²) in [5, 5.41) is 7.26. The summed E-state index contributed by atoms with van der Waals surface area (Å²) in [4.78, 5) is 4.28. The molecule has 0 saturated carbocycles. The van der Waals surface area contributed by atoms with E-state index in [0.717, 1.165) is 23.1 Å². The molecule has 0 aliphatic carbocycles. The van der Waals surface area contributed by atoms with E-state index in [1.165, 1.54) is 17.7 Å². The highest BCUT2D eigenvalue weighted by Gasteiger charge is 2.10. The SMILES string of the molecule is Clc1cc(Br)cnc1Nc1ccc2c(c1)CCCN2. The second kappa shape index (κ2) is 5.39. The van der Waals surface area contributed by atoms with Crippen LogP contribution in [0.5, 0.6) is 0 Å². The maximum absolute atomic E-state index is 6.16. The van der Waals surface area contributed by atoms with E-state index in [1.807, 2.05) is 12.1 Å². The van der Waals surface area contributed by atoms with Gasteiger partial charge in [-0.25, -0.2) is 4.98 Å². The van der Waals surface area contributed by atoms with Gasteiger partial charge >= 0.3 is 0 Å². The maximum Gasteiger partial charge on any atom is 0.149 e. The Morgan fingerprint density at radius 1 is 1.32 bits per heavy atom. The van der Waals surface area contributed by atoms with Crippen LogP contribution in [0, 0.1) is 0 Å². The molecule has 1 aromatic heterocycles. The zero-order valence-corrected chi connectivity index (χ0v) is 12.6. The summed E-state index contributed by atoms with van der Waals surface area (Å²) in [6.07, 6.45) is 4.02. The molecule has 3 rings (SSSR count). The molecule has 0 bridgehead atoms. The van der Waals surface area contributed by atoms with Crippen molar-refractivity contribution in [1.29, 1.82) is 0 Å². The van der Waals surface area contributed by atoms with Crippen molar-refractivity contribution in [2.24, 2.45) is 0 Å². The Morgan fingerprint density at radius 2 is 2.21 bits per heavy atom. The van der Waals surface area contributed by atoms with Gasteiger partial charge in [-0.1, -0.05) is 11.6 Å². The number of nitrogens with one attached hydrogen (secondary N) is 2. The highest BCUT2D eigenvalue weighted by molar-refractivity contribution is 9.10. The Kier molecular flexibility index (Phi) is 3.62. The fraction of sp³-hybridized carbons (Fsp3) is 0.214. The summed E-state index contributed by atoms with van der Waals surface area (Å²) < 4.78 is 0.873. The Hall–Kier alpha value is -1.26. The normalized spacial score (nSPS) is 13.6. The Bertz CT molecular complexity index is 616. The van der Waals surface area contributed by atoms with Crippen LogP contribution in [-0.2, 0) is 6.42 Å². The second-order valence-corrected chi connectivity index (χ2v) is 5.83. The van der Waals surface area contributed by atoms with Crippen LogP contribution in [0.4, 0.5) is 17.2 Å². The van der Waals surface area contributed by atoms with E-state index in [9.17, 15) is 0 Å². The Balaban J connectivity index is 1.87. The fourth-order valence-corrected chi connectivity index (χ4v) is 2.87. The first-order valence-electron chi connectivity index (χ1n) is 6.17. The number of benzene rings is 1. The molecule has 2 N–H and O–H groups in total. The summed E-state index contributed by atoms with van der Waals surface area (Å²) in [5.41, 5.74) is 3.58. The maximum atomic E-state index is 6.16. The molecular formula is C14H13BrClN3. The monoisotopic (exact) mass is 337 g/mol. The molecule has 0 amide bonds. The van der Waals surface area contributed by atoms with Gasteiger partial charge in [0.2, 0.25) is 0 Å². The third-order valence-electron chi connectivity index (χ3n) is 3.11. The van der Waals surface area contributed by atoms with Crippen molar-refractivity contribution in [3.05, 3.63) is 45.5 Å². The lowest BCUT2D eigenvalue weighted by Gasteiger charge is -2.19. The third-order valence-corrected chi connectivity index (χ3v) is 3.84. The van der Waals surface area contributed by atoms with Crippen LogP contribution < -0.4 is 10.6 Å². The Labute approximate surface area is 125 Å². The predicted octanol–water partition coefficient (Wildman–Crippen LogP) is 4.60. The minimum Gasteiger partial charge on any atom is -0.385 e. The van der Waals surface area contributed by atoms with E-state index >= 15 is 0 Å². The number of rotatable bonds is 2. The largest absolute Gasteiger partial charge is 0.385 e. The molecule has 1 aliphatic rings. The molecule has 3 nitrogen and oxygen atoms in total. The lowest BCUT2D eigenvalue weighted by atomic mass is 10.0. The first-order chi connectivity index (χ1) is 9.22. The van der Waals surface area contributed by atoms with Crippen molar-refractivity contribution < 1.29 is 0 Å². The van der Waals surface area contributed by atoms with E-state index in [1.54, 1.807) is 6.20 Å². The van der Waals surface area contributed by atoms with Gasteiger partial charge in [-0.3, -0.25) is 0 Å². The van der Waals surface area contributed by atoms with E-state index in [2.05, 4.69) is 43.7 Å². The van der Waals surface area contributed by atoms with Gasteiger partial charge in [0.15, 0.2) is 0 Å². The molecule has 2 aromatic rings. The van der Waals surface area contributed by atoms with Crippen molar-refractivity contribution in [3.63, 3.8) is 0 Å². The molecule has 0 fully saturated rings. The summed E-state index contributed by atoms with van der Waals surface area (Å²) >= 11 is 9.50. The number of aromatic nitrogens is 1. The predicted molar refractivity (Wildman–Crippen MR) is 83.5 cm³/mol. The highest BCUT2D eigenvalue weighted by Crippen LogP contribution is 2.29.